The number of aryl methyl sites for hydroxylation is 2. The van der Waals surface area contributed by atoms with Gasteiger partial charge in [-0.2, -0.15) is 4.31 Å². The number of carbonyl (C=O) groups excluding carboxylic acids is 2. The second-order valence-electron chi connectivity index (χ2n) is 12.4. The molecule has 1 aliphatic heterocycles. The van der Waals surface area contributed by atoms with Crippen LogP contribution < -0.4 is 20.7 Å². The monoisotopic (exact) mass is 798 g/mol. The van der Waals surface area contributed by atoms with Gasteiger partial charge in [0.15, 0.2) is 6.23 Å². The molecule has 4 atom stereocenters. The van der Waals surface area contributed by atoms with Gasteiger partial charge in [-0.15, -0.1) is 0 Å². The van der Waals surface area contributed by atoms with E-state index < -0.39 is 65.0 Å². The fraction of sp³-hybridized carbons (Fsp3) is 0.297. The Morgan fingerprint density at radius 3 is 2.04 bits per heavy atom. The van der Waals surface area contributed by atoms with E-state index in [0.29, 0.717) is 23.1 Å². The Balaban J connectivity index is 1.23. The van der Waals surface area contributed by atoms with Crippen LogP contribution in [0.2, 0.25) is 0 Å². The van der Waals surface area contributed by atoms with Crippen molar-refractivity contribution in [3.05, 3.63) is 140 Å². The molecule has 0 bridgehead atoms. The number of hydrogen-bond donors (Lipinski definition) is 2. The Kier molecular flexibility index (Phi) is 14.1. The van der Waals surface area contributed by atoms with Crippen LogP contribution in [-0.2, 0) is 49.8 Å². The van der Waals surface area contributed by atoms with Crippen molar-refractivity contribution in [3.8, 4) is 11.5 Å². The predicted molar refractivity (Wildman–Crippen MR) is 197 cm³/mol. The third-order valence-corrected chi connectivity index (χ3v) is 10.9. The van der Waals surface area contributed by atoms with Gasteiger partial charge in [-0.05, 0) is 73.9 Å². The molecule has 3 aromatic carbocycles. The van der Waals surface area contributed by atoms with Crippen molar-refractivity contribution in [1.82, 2.24) is 9.55 Å². The summed E-state index contributed by atoms with van der Waals surface area (Å²) < 4.78 is 65.6. The minimum absolute atomic E-state index is 0.226. The van der Waals surface area contributed by atoms with Gasteiger partial charge in [0.2, 0.25) is 0 Å². The molecule has 4 aromatic rings. The van der Waals surface area contributed by atoms with E-state index >= 15 is 0 Å². The second-order valence-corrected chi connectivity index (χ2v) is 15.6. The van der Waals surface area contributed by atoms with E-state index in [1.54, 1.807) is 24.3 Å². The second kappa shape index (κ2) is 18.7. The van der Waals surface area contributed by atoms with Crippen molar-refractivity contribution < 1.29 is 55.7 Å². The number of phosphoric acid groups is 2. The van der Waals surface area contributed by atoms with Crippen molar-refractivity contribution in [1.29, 1.82) is 0 Å². The molecule has 0 fully saturated rings. The van der Waals surface area contributed by atoms with Gasteiger partial charge >= 0.3 is 33.3 Å². The highest BCUT2D eigenvalue weighted by molar-refractivity contribution is 7.61. The van der Waals surface area contributed by atoms with Gasteiger partial charge in [-0.3, -0.25) is 32.7 Å². The quantitative estimate of drug-likeness (QED) is 0.0471. The van der Waals surface area contributed by atoms with Gasteiger partial charge in [0.25, 0.3) is 5.56 Å². The molecule has 0 saturated carbocycles. The molecule has 1 aliphatic rings. The summed E-state index contributed by atoms with van der Waals surface area (Å²) in [6.07, 6.45) is 4.16. The SMILES string of the molecule is CCCCC(=O)Oc1ccc(COP(=O)(OCc2ccc(OC(=O)c3ccc(C)cc3)cc2)OP(=O)(O)OC[C@@H]2C=C[C@H](n3cc(C)c(=O)[nH]c3=O)O2)cc1. The molecule has 2 unspecified atom stereocenters. The van der Waals surface area contributed by atoms with Crippen molar-refractivity contribution in [2.45, 2.75) is 65.6 Å². The van der Waals surface area contributed by atoms with Crippen LogP contribution in [0.1, 0.15) is 65.0 Å². The number of esters is 2. The number of hydrogen-bond acceptors (Lipinski definition) is 13. The van der Waals surface area contributed by atoms with Crippen LogP contribution in [0.15, 0.2) is 101 Å². The number of carbonyl (C=O) groups is 2. The molecular weight excluding hydrogens is 758 g/mol. The number of H-pyrrole nitrogens is 1. The van der Waals surface area contributed by atoms with Gasteiger partial charge in [-0.1, -0.05) is 61.4 Å². The third kappa shape index (κ3) is 12.4. The Labute approximate surface area is 315 Å². The van der Waals surface area contributed by atoms with Crippen LogP contribution in [0.5, 0.6) is 11.5 Å². The first-order valence-corrected chi connectivity index (χ1v) is 20.1. The third-order valence-electron chi connectivity index (χ3n) is 7.92. The number of ether oxygens (including phenoxy) is 3. The zero-order chi connectivity index (χ0) is 39.6. The number of nitrogens with one attached hydrogen (secondary N) is 1. The zero-order valence-electron chi connectivity index (χ0n) is 30.2. The van der Waals surface area contributed by atoms with Gasteiger partial charge in [0.05, 0.1) is 25.4 Å². The standard InChI is InChI=1S/C37H40N2O14P2/c1-4-5-6-34(40)51-30-15-9-27(10-16-30)22-48-55(46,49-23-28-11-17-31(18-12-28)52-36(42)29-13-7-25(2)8-14-29)53-54(44,45)47-24-32-19-20-33(50-32)39-21-26(3)35(41)38-37(39)43/h7-21,32-33H,4-6,22-24H2,1-3H3,(H,44,45)(H,38,41,43)/t32-,33+,55?/m0/s1. The van der Waals surface area contributed by atoms with Crippen molar-refractivity contribution in [3.63, 3.8) is 0 Å². The van der Waals surface area contributed by atoms with E-state index in [2.05, 4.69) is 4.98 Å². The molecule has 55 heavy (non-hydrogen) atoms. The zero-order valence-corrected chi connectivity index (χ0v) is 31.9. The summed E-state index contributed by atoms with van der Waals surface area (Å²) in [7, 11) is -10.1. The lowest BCUT2D eigenvalue weighted by atomic mass is 10.1. The first-order chi connectivity index (χ1) is 26.2. The first kappa shape index (κ1) is 41.4. The lowest BCUT2D eigenvalue weighted by Crippen LogP contribution is -2.33. The van der Waals surface area contributed by atoms with Crippen LogP contribution in [0, 0.1) is 13.8 Å². The van der Waals surface area contributed by atoms with Gasteiger partial charge in [0, 0.05) is 18.2 Å². The van der Waals surface area contributed by atoms with Gasteiger partial charge < -0.3 is 19.1 Å². The molecule has 0 saturated heterocycles. The van der Waals surface area contributed by atoms with Crippen LogP contribution in [-0.4, -0.2) is 39.1 Å². The highest BCUT2D eigenvalue weighted by Crippen LogP contribution is 2.64. The summed E-state index contributed by atoms with van der Waals surface area (Å²) in [5.74, 6) is -0.439. The van der Waals surface area contributed by atoms with Crippen molar-refractivity contribution >= 4 is 27.6 Å². The van der Waals surface area contributed by atoms with Crippen molar-refractivity contribution in [2.24, 2.45) is 0 Å². The maximum absolute atomic E-state index is 13.9. The average molecular weight is 799 g/mol. The van der Waals surface area contributed by atoms with Gasteiger partial charge in [0.1, 0.15) is 17.6 Å². The van der Waals surface area contributed by atoms with Crippen molar-refractivity contribution in [2.75, 3.05) is 6.61 Å². The average Bonchev–Trinajstić information content (AvgIpc) is 3.63. The lowest BCUT2D eigenvalue weighted by molar-refractivity contribution is -0.134. The van der Waals surface area contributed by atoms with Crippen LogP contribution >= 0.6 is 15.6 Å². The molecule has 2 heterocycles. The fourth-order valence-corrected chi connectivity index (χ4v) is 7.49. The summed E-state index contributed by atoms with van der Waals surface area (Å²) >= 11 is 0. The highest BCUT2D eigenvalue weighted by Gasteiger charge is 2.39. The smallest absolute Gasteiger partial charge is 0.427 e. The normalized spacial score (nSPS) is 17.3. The highest BCUT2D eigenvalue weighted by atomic mass is 31.3. The Morgan fingerprint density at radius 2 is 1.44 bits per heavy atom. The van der Waals surface area contributed by atoms with E-state index in [0.717, 1.165) is 16.6 Å². The molecule has 5 rings (SSSR count). The minimum atomic E-state index is -5.17. The Bertz CT molecular complexity index is 2200. The summed E-state index contributed by atoms with van der Waals surface area (Å²) in [5, 5.41) is 0. The molecule has 292 valence electrons. The van der Waals surface area contributed by atoms with E-state index in [-0.39, 0.29) is 29.5 Å². The minimum Gasteiger partial charge on any atom is -0.427 e. The van der Waals surface area contributed by atoms with E-state index in [9.17, 15) is 33.2 Å². The first-order valence-electron chi connectivity index (χ1n) is 17.1. The number of aromatic nitrogens is 2. The summed E-state index contributed by atoms with van der Waals surface area (Å²) in [4.78, 5) is 61.3. The number of benzene rings is 3. The molecule has 18 heteroatoms. The summed E-state index contributed by atoms with van der Waals surface area (Å²) in [6.45, 7) is 3.94. The fourth-order valence-electron chi connectivity index (χ4n) is 4.89. The van der Waals surface area contributed by atoms with E-state index in [1.165, 1.54) is 73.8 Å². The molecule has 16 nitrogen and oxygen atoms in total. The molecule has 0 aliphatic carbocycles. The molecule has 0 spiro atoms. The Morgan fingerprint density at radius 1 is 0.836 bits per heavy atom. The maximum atomic E-state index is 13.9. The lowest BCUT2D eigenvalue weighted by Gasteiger charge is -2.22. The predicted octanol–water partition coefficient (Wildman–Crippen LogP) is 6.60. The van der Waals surface area contributed by atoms with Crippen LogP contribution in [0.25, 0.3) is 0 Å². The number of unbranched alkanes of at least 4 members (excludes halogenated alkanes) is 1. The number of aromatic amines is 1. The van der Waals surface area contributed by atoms with E-state index in [1.807, 2.05) is 13.8 Å². The van der Waals surface area contributed by atoms with Crippen LogP contribution in [0.4, 0.5) is 0 Å². The molecule has 0 radical (unpaired) electrons. The summed E-state index contributed by atoms with van der Waals surface area (Å²) in [5.41, 5.74) is 1.18. The molecule has 2 N–H and O–H groups in total. The maximum Gasteiger partial charge on any atom is 0.484 e. The number of nitrogens with zero attached hydrogens (tertiary/aromatic N) is 1. The topological polar surface area (TPSA) is 208 Å². The molecule has 0 amide bonds. The van der Waals surface area contributed by atoms with E-state index in [4.69, 9.17) is 32.1 Å². The largest absolute Gasteiger partial charge is 0.484 e. The molecule has 1 aromatic heterocycles. The Hall–Kier alpha value is -4.76. The number of phosphoric ester groups is 2. The molecular formula is C37H40N2O14P2. The number of rotatable bonds is 18. The van der Waals surface area contributed by atoms with Gasteiger partial charge in [-0.25, -0.2) is 18.7 Å². The summed E-state index contributed by atoms with van der Waals surface area (Å²) in [6, 6.07) is 19.0. The van der Waals surface area contributed by atoms with Crippen LogP contribution in [0.3, 0.4) is 0 Å².